The van der Waals surface area contributed by atoms with Gasteiger partial charge >= 0.3 is 0 Å². The van der Waals surface area contributed by atoms with Gasteiger partial charge in [0.2, 0.25) is 10.0 Å². The Balaban J connectivity index is 1.51. The first kappa shape index (κ1) is 23.7. The molecule has 4 rings (SSSR count). The summed E-state index contributed by atoms with van der Waals surface area (Å²) in [5.41, 5.74) is 2.89. The van der Waals surface area contributed by atoms with E-state index in [1.807, 2.05) is 19.1 Å². The Kier molecular flexibility index (Phi) is 7.33. The Morgan fingerprint density at radius 3 is 2.36 bits per heavy atom. The standard InChI is InChI=1S/C24H32N4O4S/c1-3-26-10-12-27(13-11-26)20-8-9-22(19(2)18-20)25-24(29)21-6-4-5-7-23(21)33(30,31)28-14-16-32-17-15-28/h4-9,18H,3,10-17H2,1-2H3,(H,25,29). The van der Waals surface area contributed by atoms with Gasteiger partial charge in [-0.1, -0.05) is 19.1 Å². The molecule has 1 N–H and O–H groups in total. The number of anilines is 2. The van der Waals surface area contributed by atoms with Crippen LogP contribution < -0.4 is 10.2 Å². The molecule has 1 amide bonds. The van der Waals surface area contributed by atoms with Gasteiger partial charge in [0.05, 0.1) is 23.7 Å². The number of hydrogen-bond acceptors (Lipinski definition) is 6. The minimum atomic E-state index is -3.79. The number of amides is 1. The molecule has 0 saturated carbocycles. The average Bonchev–Trinajstić information content (AvgIpc) is 2.86. The second-order valence-corrected chi connectivity index (χ2v) is 10.3. The summed E-state index contributed by atoms with van der Waals surface area (Å²) in [6.45, 7) is 10.5. The maximum atomic E-state index is 13.2. The maximum absolute atomic E-state index is 13.2. The highest BCUT2D eigenvalue weighted by Gasteiger charge is 2.30. The fourth-order valence-electron chi connectivity index (χ4n) is 4.30. The van der Waals surface area contributed by atoms with E-state index >= 15 is 0 Å². The van der Waals surface area contributed by atoms with Crippen LogP contribution in [-0.2, 0) is 14.8 Å². The fraction of sp³-hybridized carbons (Fsp3) is 0.458. The van der Waals surface area contributed by atoms with Crippen molar-refractivity contribution in [2.45, 2.75) is 18.7 Å². The molecule has 2 aromatic rings. The molecule has 0 atom stereocenters. The number of morpholine rings is 1. The monoisotopic (exact) mass is 472 g/mol. The van der Waals surface area contributed by atoms with Crippen molar-refractivity contribution < 1.29 is 17.9 Å². The summed E-state index contributed by atoms with van der Waals surface area (Å²) in [5.74, 6) is -0.435. The molecule has 0 aromatic heterocycles. The van der Waals surface area contributed by atoms with Crippen molar-refractivity contribution in [3.63, 3.8) is 0 Å². The zero-order chi connectivity index (χ0) is 23.4. The molecular weight excluding hydrogens is 440 g/mol. The molecule has 0 radical (unpaired) electrons. The van der Waals surface area contributed by atoms with E-state index in [4.69, 9.17) is 4.74 Å². The topological polar surface area (TPSA) is 82.2 Å². The lowest BCUT2D eigenvalue weighted by molar-refractivity contribution is 0.0730. The lowest BCUT2D eigenvalue weighted by Gasteiger charge is -2.35. The summed E-state index contributed by atoms with van der Waals surface area (Å²) in [6.07, 6.45) is 0. The lowest BCUT2D eigenvalue weighted by atomic mass is 10.1. The number of aryl methyl sites for hydroxylation is 1. The molecule has 2 fully saturated rings. The van der Waals surface area contributed by atoms with Gasteiger partial charge in [-0.25, -0.2) is 8.42 Å². The number of ether oxygens (including phenoxy) is 1. The summed E-state index contributed by atoms with van der Waals surface area (Å²) in [4.78, 5) is 17.9. The number of rotatable bonds is 6. The highest BCUT2D eigenvalue weighted by atomic mass is 32.2. The summed E-state index contributed by atoms with van der Waals surface area (Å²) in [7, 11) is -3.79. The van der Waals surface area contributed by atoms with Gasteiger partial charge in [-0.05, 0) is 49.4 Å². The van der Waals surface area contributed by atoms with Crippen molar-refractivity contribution in [2.24, 2.45) is 0 Å². The van der Waals surface area contributed by atoms with E-state index < -0.39 is 15.9 Å². The number of sulfonamides is 1. The van der Waals surface area contributed by atoms with Crippen LogP contribution in [0.2, 0.25) is 0 Å². The zero-order valence-corrected chi connectivity index (χ0v) is 20.1. The van der Waals surface area contributed by atoms with Crippen molar-refractivity contribution in [1.82, 2.24) is 9.21 Å². The van der Waals surface area contributed by atoms with E-state index in [1.165, 1.54) is 10.4 Å². The van der Waals surface area contributed by atoms with Crippen LogP contribution in [0.5, 0.6) is 0 Å². The van der Waals surface area contributed by atoms with Gasteiger partial charge in [-0.15, -0.1) is 0 Å². The highest BCUT2D eigenvalue weighted by molar-refractivity contribution is 7.89. The van der Waals surface area contributed by atoms with Gasteiger partial charge in [0.15, 0.2) is 0 Å². The normalized spacial score (nSPS) is 18.3. The third kappa shape index (κ3) is 5.22. The third-order valence-electron chi connectivity index (χ3n) is 6.36. The van der Waals surface area contributed by atoms with Crippen molar-refractivity contribution in [2.75, 3.05) is 69.2 Å². The van der Waals surface area contributed by atoms with Gasteiger partial charge < -0.3 is 19.9 Å². The van der Waals surface area contributed by atoms with Crippen molar-refractivity contribution in [3.8, 4) is 0 Å². The Labute approximate surface area is 196 Å². The van der Waals surface area contributed by atoms with Crippen LogP contribution in [0, 0.1) is 6.92 Å². The van der Waals surface area contributed by atoms with Crippen molar-refractivity contribution in [3.05, 3.63) is 53.6 Å². The molecule has 9 heteroatoms. The average molecular weight is 473 g/mol. The Morgan fingerprint density at radius 2 is 1.70 bits per heavy atom. The highest BCUT2D eigenvalue weighted by Crippen LogP contribution is 2.26. The van der Waals surface area contributed by atoms with E-state index in [0.29, 0.717) is 18.9 Å². The Bertz CT molecular complexity index is 1090. The van der Waals surface area contributed by atoms with E-state index in [2.05, 4.69) is 28.1 Å². The molecule has 2 aromatic carbocycles. The first-order valence-electron chi connectivity index (χ1n) is 11.5. The lowest BCUT2D eigenvalue weighted by Crippen LogP contribution is -2.46. The number of benzene rings is 2. The molecule has 2 aliphatic heterocycles. The maximum Gasteiger partial charge on any atom is 0.257 e. The predicted octanol–water partition coefficient (Wildman–Crippen LogP) is 2.41. The second kappa shape index (κ2) is 10.2. The molecule has 0 unspecified atom stereocenters. The van der Waals surface area contributed by atoms with Crippen LogP contribution in [0.15, 0.2) is 47.4 Å². The third-order valence-corrected chi connectivity index (χ3v) is 8.32. The van der Waals surface area contributed by atoms with E-state index in [-0.39, 0.29) is 23.5 Å². The molecule has 0 bridgehead atoms. The van der Waals surface area contributed by atoms with Gasteiger partial charge in [-0.2, -0.15) is 4.31 Å². The summed E-state index contributed by atoms with van der Waals surface area (Å²) in [5, 5.41) is 2.91. The summed E-state index contributed by atoms with van der Waals surface area (Å²) < 4.78 is 33.0. The first-order chi connectivity index (χ1) is 15.9. The van der Waals surface area contributed by atoms with Crippen LogP contribution in [0.1, 0.15) is 22.8 Å². The second-order valence-electron chi connectivity index (χ2n) is 8.39. The van der Waals surface area contributed by atoms with Crippen LogP contribution in [-0.4, -0.2) is 82.6 Å². The summed E-state index contributed by atoms with van der Waals surface area (Å²) >= 11 is 0. The van der Waals surface area contributed by atoms with Crippen molar-refractivity contribution in [1.29, 1.82) is 0 Å². The van der Waals surface area contributed by atoms with Crippen LogP contribution in [0.25, 0.3) is 0 Å². The molecule has 2 heterocycles. The number of piperazine rings is 1. The number of carbonyl (C=O) groups excluding carboxylic acids is 1. The molecule has 2 saturated heterocycles. The number of carbonyl (C=O) groups is 1. The number of nitrogens with one attached hydrogen (secondary N) is 1. The van der Waals surface area contributed by atoms with E-state index in [0.717, 1.165) is 44.0 Å². The molecule has 178 valence electrons. The predicted molar refractivity (Wildman–Crippen MR) is 129 cm³/mol. The molecule has 8 nitrogen and oxygen atoms in total. The Morgan fingerprint density at radius 1 is 1.00 bits per heavy atom. The van der Waals surface area contributed by atoms with Gasteiger partial charge in [0, 0.05) is 50.6 Å². The Hall–Kier alpha value is -2.46. The molecule has 2 aliphatic rings. The van der Waals surface area contributed by atoms with Gasteiger partial charge in [0.25, 0.3) is 5.91 Å². The number of hydrogen-bond donors (Lipinski definition) is 1. The number of likely N-dealkylation sites (N-methyl/N-ethyl adjacent to an activating group) is 1. The molecule has 33 heavy (non-hydrogen) atoms. The molecular formula is C24H32N4O4S. The molecule has 0 aliphatic carbocycles. The van der Waals surface area contributed by atoms with Gasteiger partial charge in [-0.3, -0.25) is 4.79 Å². The minimum absolute atomic E-state index is 0.0208. The largest absolute Gasteiger partial charge is 0.379 e. The van der Waals surface area contributed by atoms with Crippen LogP contribution in [0.3, 0.4) is 0 Å². The van der Waals surface area contributed by atoms with E-state index in [9.17, 15) is 13.2 Å². The number of nitrogens with zero attached hydrogens (tertiary/aromatic N) is 3. The summed E-state index contributed by atoms with van der Waals surface area (Å²) in [6, 6.07) is 12.4. The van der Waals surface area contributed by atoms with Crippen molar-refractivity contribution >= 4 is 27.3 Å². The zero-order valence-electron chi connectivity index (χ0n) is 19.3. The van der Waals surface area contributed by atoms with E-state index in [1.54, 1.807) is 18.2 Å². The van der Waals surface area contributed by atoms with Gasteiger partial charge in [0.1, 0.15) is 0 Å². The van der Waals surface area contributed by atoms with Crippen LogP contribution >= 0.6 is 0 Å². The molecule has 0 spiro atoms. The quantitative estimate of drug-likeness (QED) is 0.695. The van der Waals surface area contributed by atoms with Crippen LogP contribution in [0.4, 0.5) is 11.4 Å². The smallest absolute Gasteiger partial charge is 0.257 e. The first-order valence-corrected chi connectivity index (χ1v) is 12.9. The minimum Gasteiger partial charge on any atom is -0.379 e. The SMILES string of the molecule is CCN1CCN(c2ccc(NC(=O)c3ccccc3S(=O)(=O)N3CCOCC3)c(C)c2)CC1. The fourth-order valence-corrected chi connectivity index (χ4v) is 5.90.